The molecule has 0 aliphatic rings. The van der Waals surface area contributed by atoms with Gasteiger partial charge in [-0.25, -0.2) is 5.43 Å². The number of amides is 2. The highest BCUT2D eigenvalue weighted by Gasteiger charge is 2.06. The molecule has 2 amide bonds. The standard InChI is InChI=1S/C19H20ClN3O2/c1-3-4-18(24)21-17-11-7-15(8-12-17)19(25)23-22-13(2)14-5-9-16(20)10-6-14/h5-12H,3-4H2,1-2H3,(H,21,24)(H,23,25)/b22-13+. The fraction of sp³-hybridized carbons (Fsp3) is 0.211. The number of anilines is 1. The Hall–Kier alpha value is -2.66. The van der Waals surface area contributed by atoms with Gasteiger partial charge >= 0.3 is 0 Å². The van der Waals surface area contributed by atoms with Crippen LogP contribution < -0.4 is 10.7 Å². The van der Waals surface area contributed by atoms with E-state index in [1.807, 2.05) is 19.1 Å². The van der Waals surface area contributed by atoms with Crippen LogP contribution in [0.2, 0.25) is 5.02 Å². The molecule has 0 atom stereocenters. The minimum atomic E-state index is -0.320. The van der Waals surface area contributed by atoms with E-state index in [4.69, 9.17) is 11.6 Å². The van der Waals surface area contributed by atoms with Gasteiger partial charge in [-0.05, 0) is 55.3 Å². The molecular weight excluding hydrogens is 338 g/mol. The Labute approximate surface area is 152 Å². The maximum atomic E-state index is 12.1. The third-order valence-electron chi connectivity index (χ3n) is 3.50. The zero-order valence-electron chi connectivity index (χ0n) is 14.2. The molecule has 2 N–H and O–H groups in total. The van der Waals surface area contributed by atoms with E-state index < -0.39 is 0 Å². The number of nitrogens with one attached hydrogen (secondary N) is 2. The third kappa shape index (κ3) is 5.72. The van der Waals surface area contributed by atoms with Crippen LogP contribution in [-0.4, -0.2) is 17.5 Å². The van der Waals surface area contributed by atoms with Gasteiger partial charge in [-0.2, -0.15) is 5.10 Å². The van der Waals surface area contributed by atoms with E-state index in [0.29, 0.717) is 28.4 Å². The van der Waals surface area contributed by atoms with E-state index in [1.54, 1.807) is 43.3 Å². The van der Waals surface area contributed by atoms with Crippen LogP contribution in [0.15, 0.2) is 53.6 Å². The molecule has 2 rings (SSSR count). The number of halogens is 1. The number of carbonyl (C=O) groups is 2. The highest BCUT2D eigenvalue weighted by atomic mass is 35.5. The maximum absolute atomic E-state index is 12.1. The van der Waals surface area contributed by atoms with E-state index in [-0.39, 0.29) is 11.8 Å². The molecule has 0 heterocycles. The number of benzene rings is 2. The first-order valence-corrected chi connectivity index (χ1v) is 8.38. The Morgan fingerprint density at radius 2 is 1.60 bits per heavy atom. The molecule has 0 aliphatic carbocycles. The first-order chi connectivity index (χ1) is 12.0. The van der Waals surface area contributed by atoms with Crippen molar-refractivity contribution in [3.05, 3.63) is 64.7 Å². The topological polar surface area (TPSA) is 70.6 Å². The summed E-state index contributed by atoms with van der Waals surface area (Å²) >= 11 is 5.85. The van der Waals surface area contributed by atoms with Crippen molar-refractivity contribution in [1.29, 1.82) is 0 Å². The summed E-state index contributed by atoms with van der Waals surface area (Å²) in [4.78, 5) is 23.7. The second kappa shape index (κ2) is 8.99. The average Bonchev–Trinajstić information content (AvgIpc) is 2.61. The molecule has 0 unspecified atom stereocenters. The van der Waals surface area contributed by atoms with E-state index in [9.17, 15) is 9.59 Å². The molecule has 0 saturated heterocycles. The molecule has 0 bridgehead atoms. The van der Waals surface area contributed by atoms with Gasteiger partial charge in [0, 0.05) is 22.7 Å². The van der Waals surface area contributed by atoms with Crippen molar-refractivity contribution in [2.75, 3.05) is 5.32 Å². The summed E-state index contributed by atoms with van der Waals surface area (Å²) in [6.45, 7) is 3.75. The van der Waals surface area contributed by atoms with Crippen molar-refractivity contribution in [2.24, 2.45) is 5.10 Å². The highest BCUT2D eigenvalue weighted by Crippen LogP contribution is 2.11. The van der Waals surface area contributed by atoms with Crippen LogP contribution in [0.25, 0.3) is 0 Å². The van der Waals surface area contributed by atoms with E-state index in [0.717, 1.165) is 12.0 Å². The molecule has 2 aromatic carbocycles. The van der Waals surface area contributed by atoms with Crippen molar-refractivity contribution < 1.29 is 9.59 Å². The summed E-state index contributed by atoms with van der Waals surface area (Å²) in [6, 6.07) is 13.9. The van der Waals surface area contributed by atoms with Crippen LogP contribution in [0.3, 0.4) is 0 Å². The minimum Gasteiger partial charge on any atom is -0.326 e. The predicted molar refractivity (Wildman–Crippen MR) is 101 cm³/mol. The zero-order chi connectivity index (χ0) is 18.2. The van der Waals surface area contributed by atoms with Gasteiger partial charge in [0.15, 0.2) is 0 Å². The molecule has 0 saturated carbocycles. The lowest BCUT2D eigenvalue weighted by molar-refractivity contribution is -0.116. The molecule has 5 nitrogen and oxygen atoms in total. The van der Waals surface area contributed by atoms with Crippen LogP contribution in [0.4, 0.5) is 5.69 Å². The van der Waals surface area contributed by atoms with Crippen molar-refractivity contribution in [3.63, 3.8) is 0 Å². The number of rotatable bonds is 6. The van der Waals surface area contributed by atoms with Crippen molar-refractivity contribution in [3.8, 4) is 0 Å². The number of nitrogens with zero attached hydrogens (tertiary/aromatic N) is 1. The van der Waals surface area contributed by atoms with E-state index >= 15 is 0 Å². The zero-order valence-corrected chi connectivity index (χ0v) is 14.9. The first kappa shape index (κ1) is 18.7. The summed E-state index contributed by atoms with van der Waals surface area (Å²) in [5, 5.41) is 7.52. The maximum Gasteiger partial charge on any atom is 0.271 e. The normalized spacial score (nSPS) is 11.1. The van der Waals surface area contributed by atoms with E-state index in [2.05, 4.69) is 15.8 Å². The number of hydrogen-bond donors (Lipinski definition) is 2. The molecule has 0 spiro atoms. The fourth-order valence-corrected chi connectivity index (χ4v) is 2.24. The van der Waals surface area contributed by atoms with Crippen LogP contribution in [-0.2, 0) is 4.79 Å². The van der Waals surface area contributed by atoms with Gasteiger partial charge < -0.3 is 5.32 Å². The highest BCUT2D eigenvalue weighted by molar-refractivity contribution is 6.30. The van der Waals surface area contributed by atoms with Crippen LogP contribution >= 0.6 is 11.6 Å². The molecule has 0 fully saturated rings. The SMILES string of the molecule is CCCC(=O)Nc1ccc(C(=O)N/N=C(\C)c2ccc(Cl)cc2)cc1. The molecular formula is C19H20ClN3O2. The molecule has 6 heteroatoms. The Kier molecular flexibility index (Phi) is 6.71. The van der Waals surface area contributed by atoms with Crippen LogP contribution in [0.1, 0.15) is 42.6 Å². The number of hydrazone groups is 1. The smallest absolute Gasteiger partial charge is 0.271 e. The quantitative estimate of drug-likeness (QED) is 0.599. The second-order valence-electron chi connectivity index (χ2n) is 5.52. The molecule has 130 valence electrons. The lowest BCUT2D eigenvalue weighted by atomic mass is 10.1. The molecule has 2 aromatic rings. The number of carbonyl (C=O) groups excluding carboxylic acids is 2. The van der Waals surface area contributed by atoms with Crippen molar-refractivity contribution >= 4 is 34.8 Å². The lowest BCUT2D eigenvalue weighted by Gasteiger charge is -2.06. The average molecular weight is 358 g/mol. The fourth-order valence-electron chi connectivity index (χ4n) is 2.11. The van der Waals surface area contributed by atoms with Crippen molar-refractivity contribution in [1.82, 2.24) is 5.43 Å². The summed E-state index contributed by atoms with van der Waals surface area (Å²) < 4.78 is 0. The Bertz CT molecular complexity index is 768. The van der Waals surface area contributed by atoms with Gasteiger partial charge in [0.05, 0.1) is 5.71 Å². The molecule has 25 heavy (non-hydrogen) atoms. The van der Waals surface area contributed by atoms with Gasteiger partial charge in [0.2, 0.25) is 5.91 Å². The molecule has 0 aliphatic heterocycles. The second-order valence-corrected chi connectivity index (χ2v) is 5.96. The molecule has 0 aromatic heterocycles. The van der Waals surface area contributed by atoms with Gasteiger partial charge in [-0.3, -0.25) is 9.59 Å². The summed E-state index contributed by atoms with van der Waals surface area (Å²) in [7, 11) is 0. The molecule has 0 radical (unpaired) electrons. The lowest BCUT2D eigenvalue weighted by Crippen LogP contribution is -2.19. The Morgan fingerprint density at radius 1 is 1.00 bits per heavy atom. The van der Waals surface area contributed by atoms with Gasteiger partial charge in [0.25, 0.3) is 5.91 Å². The van der Waals surface area contributed by atoms with E-state index in [1.165, 1.54) is 0 Å². The Balaban J connectivity index is 1.97. The van der Waals surface area contributed by atoms with Crippen molar-refractivity contribution in [2.45, 2.75) is 26.7 Å². The minimum absolute atomic E-state index is 0.0390. The predicted octanol–water partition coefficient (Wildman–Crippen LogP) is 4.23. The van der Waals surface area contributed by atoms with Gasteiger partial charge in [-0.15, -0.1) is 0 Å². The first-order valence-electron chi connectivity index (χ1n) is 8.00. The van der Waals surface area contributed by atoms with Gasteiger partial charge in [0.1, 0.15) is 0 Å². The summed E-state index contributed by atoms with van der Waals surface area (Å²) in [5.41, 5.74) is 5.19. The number of hydrogen-bond acceptors (Lipinski definition) is 3. The Morgan fingerprint density at radius 3 is 2.20 bits per heavy atom. The van der Waals surface area contributed by atoms with Crippen LogP contribution in [0.5, 0.6) is 0 Å². The van der Waals surface area contributed by atoms with Crippen LogP contribution in [0, 0.1) is 0 Å². The monoisotopic (exact) mass is 357 g/mol. The third-order valence-corrected chi connectivity index (χ3v) is 3.75. The van der Waals surface area contributed by atoms with Gasteiger partial charge in [-0.1, -0.05) is 30.7 Å². The summed E-state index contributed by atoms with van der Waals surface area (Å²) in [5.74, 6) is -0.359. The largest absolute Gasteiger partial charge is 0.326 e. The summed E-state index contributed by atoms with van der Waals surface area (Å²) in [6.07, 6.45) is 1.26.